The predicted octanol–water partition coefficient (Wildman–Crippen LogP) is 3.49. The molecule has 1 N–H and O–H groups in total. The third-order valence-corrected chi connectivity index (χ3v) is 3.39. The lowest BCUT2D eigenvalue weighted by Gasteiger charge is -2.12. The highest BCUT2D eigenvalue weighted by Gasteiger charge is 2.10. The number of carbonyl (C=O) groups is 2. The van der Waals surface area contributed by atoms with Gasteiger partial charge in [0.15, 0.2) is 18.1 Å². The molecule has 120 valence electrons. The Kier molecular flexibility index (Phi) is 5.60. The van der Waals surface area contributed by atoms with Gasteiger partial charge in [-0.2, -0.15) is 0 Å². The summed E-state index contributed by atoms with van der Waals surface area (Å²) in [6.07, 6.45) is 0.709. The summed E-state index contributed by atoms with van der Waals surface area (Å²) in [6, 6.07) is 9.96. The first-order valence-electron chi connectivity index (χ1n) is 6.85. The molecule has 6 heteroatoms. The van der Waals surface area contributed by atoms with Gasteiger partial charge in [0.05, 0.1) is 7.11 Å². The van der Waals surface area contributed by atoms with Crippen molar-refractivity contribution in [2.24, 2.45) is 0 Å². The lowest BCUT2D eigenvalue weighted by atomic mass is 10.2. The second kappa shape index (κ2) is 7.65. The molecule has 0 fully saturated rings. The number of hydrogen-bond acceptors (Lipinski definition) is 4. The topological polar surface area (TPSA) is 64.6 Å². The first kappa shape index (κ1) is 16.8. The number of anilines is 1. The molecule has 0 unspecified atom stereocenters. The van der Waals surface area contributed by atoms with Crippen molar-refractivity contribution in [2.45, 2.75) is 6.92 Å². The van der Waals surface area contributed by atoms with E-state index in [1.165, 1.54) is 7.11 Å². The second-order valence-corrected chi connectivity index (χ2v) is 5.26. The monoisotopic (exact) mass is 333 g/mol. The van der Waals surface area contributed by atoms with Gasteiger partial charge in [-0.1, -0.05) is 17.7 Å². The van der Waals surface area contributed by atoms with Gasteiger partial charge in [0.2, 0.25) is 0 Å². The van der Waals surface area contributed by atoms with Crippen molar-refractivity contribution in [3.05, 3.63) is 52.5 Å². The third kappa shape index (κ3) is 4.47. The molecule has 0 heterocycles. The van der Waals surface area contributed by atoms with Crippen molar-refractivity contribution in [1.29, 1.82) is 0 Å². The van der Waals surface area contributed by atoms with E-state index in [1.807, 2.05) is 13.0 Å². The van der Waals surface area contributed by atoms with Crippen LogP contribution < -0.4 is 14.8 Å². The van der Waals surface area contributed by atoms with Gasteiger partial charge in [-0.3, -0.25) is 9.59 Å². The van der Waals surface area contributed by atoms with Gasteiger partial charge in [-0.05, 0) is 42.8 Å². The largest absolute Gasteiger partial charge is 0.493 e. The number of aryl methyl sites for hydroxylation is 1. The summed E-state index contributed by atoms with van der Waals surface area (Å²) >= 11 is 5.91. The van der Waals surface area contributed by atoms with Gasteiger partial charge >= 0.3 is 0 Å². The van der Waals surface area contributed by atoms with Crippen LogP contribution in [0.3, 0.4) is 0 Å². The van der Waals surface area contributed by atoms with E-state index in [0.717, 1.165) is 5.56 Å². The van der Waals surface area contributed by atoms with E-state index in [1.54, 1.807) is 30.3 Å². The van der Waals surface area contributed by atoms with E-state index < -0.39 is 0 Å². The zero-order chi connectivity index (χ0) is 16.8. The minimum absolute atomic E-state index is 0.192. The molecule has 1 amide bonds. The van der Waals surface area contributed by atoms with Crippen molar-refractivity contribution in [1.82, 2.24) is 0 Å². The molecule has 0 saturated carbocycles. The molecule has 2 aromatic rings. The van der Waals surface area contributed by atoms with E-state index >= 15 is 0 Å². The summed E-state index contributed by atoms with van der Waals surface area (Å²) < 4.78 is 10.6. The molecule has 0 aliphatic rings. The van der Waals surface area contributed by atoms with Crippen LogP contribution >= 0.6 is 11.6 Å². The molecular formula is C17H16ClNO4. The number of nitrogens with one attached hydrogen (secondary N) is 1. The highest BCUT2D eigenvalue weighted by atomic mass is 35.5. The number of carbonyl (C=O) groups excluding carboxylic acids is 2. The SMILES string of the molecule is COc1cc(C=O)ccc1OCC(=O)Nc1cc(Cl)ccc1C. The fourth-order valence-corrected chi connectivity index (χ4v) is 2.11. The van der Waals surface area contributed by atoms with E-state index in [-0.39, 0.29) is 12.5 Å². The number of hydrogen-bond donors (Lipinski definition) is 1. The molecule has 0 aromatic heterocycles. The summed E-state index contributed by atoms with van der Waals surface area (Å²) in [7, 11) is 1.46. The Morgan fingerprint density at radius 2 is 2.00 bits per heavy atom. The highest BCUT2D eigenvalue weighted by molar-refractivity contribution is 6.31. The second-order valence-electron chi connectivity index (χ2n) is 4.82. The maximum atomic E-state index is 12.0. The van der Waals surface area contributed by atoms with Crippen LogP contribution in [0.4, 0.5) is 5.69 Å². The number of benzene rings is 2. The molecule has 0 aliphatic carbocycles. The van der Waals surface area contributed by atoms with E-state index in [9.17, 15) is 9.59 Å². The van der Waals surface area contributed by atoms with Crippen LogP contribution in [0, 0.1) is 6.92 Å². The highest BCUT2D eigenvalue weighted by Crippen LogP contribution is 2.27. The van der Waals surface area contributed by atoms with Crippen LogP contribution in [0.2, 0.25) is 5.02 Å². The smallest absolute Gasteiger partial charge is 0.262 e. The summed E-state index contributed by atoms with van der Waals surface area (Å²) in [5.41, 5.74) is 2.00. The Morgan fingerprint density at radius 1 is 1.22 bits per heavy atom. The zero-order valence-corrected chi connectivity index (χ0v) is 13.5. The quantitative estimate of drug-likeness (QED) is 0.822. The van der Waals surface area contributed by atoms with Crippen LogP contribution in [0.5, 0.6) is 11.5 Å². The fourth-order valence-electron chi connectivity index (χ4n) is 1.94. The number of ether oxygens (including phenoxy) is 2. The van der Waals surface area contributed by atoms with E-state index in [0.29, 0.717) is 34.1 Å². The first-order valence-corrected chi connectivity index (χ1v) is 7.23. The minimum atomic E-state index is -0.322. The summed E-state index contributed by atoms with van der Waals surface area (Å²) in [4.78, 5) is 22.7. The van der Waals surface area contributed by atoms with E-state index in [2.05, 4.69) is 5.32 Å². The van der Waals surface area contributed by atoms with Crippen molar-refractivity contribution >= 4 is 29.5 Å². The van der Waals surface area contributed by atoms with Crippen molar-refractivity contribution in [3.63, 3.8) is 0 Å². The number of aldehydes is 1. The zero-order valence-electron chi connectivity index (χ0n) is 12.8. The molecule has 23 heavy (non-hydrogen) atoms. The van der Waals surface area contributed by atoms with Crippen molar-refractivity contribution in [2.75, 3.05) is 19.0 Å². The maximum Gasteiger partial charge on any atom is 0.262 e. The van der Waals surface area contributed by atoms with Crippen LogP contribution in [0.1, 0.15) is 15.9 Å². The molecule has 0 atom stereocenters. The van der Waals surface area contributed by atoms with Gasteiger partial charge in [0.1, 0.15) is 6.29 Å². The molecule has 0 spiro atoms. The number of amides is 1. The number of rotatable bonds is 6. The van der Waals surface area contributed by atoms with Crippen LogP contribution in [-0.4, -0.2) is 25.9 Å². The predicted molar refractivity (Wildman–Crippen MR) is 88.7 cm³/mol. The molecular weight excluding hydrogens is 318 g/mol. The van der Waals surface area contributed by atoms with Crippen LogP contribution in [-0.2, 0) is 4.79 Å². The van der Waals surface area contributed by atoms with Gasteiger partial charge in [-0.25, -0.2) is 0 Å². The molecule has 0 aliphatic heterocycles. The maximum absolute atomic E-state index is 12.0. The average molecular weight is 334 g/mol. The lowest BCUT2D eigenvalue weighted by molar-refractivity contribution is -0.118. The summed E-state index contributed by atoms with van der Waals surface area (Å²) in [6.45, 7) is 1.68. The van der Waals surface area contributed by atoms with Gasteiger partial charge in [0.25, 0.3) is 5.91 Å². The third-order valence-electron chi connectivity index (χ3n) is 3.16. The van der Waals surface area contributed by atoms with Gasteiger partial charge < -0.3 is 14.8 Å². The van der Waals surface area contributed by atoms with Crippen molar-refractivity contribution < 1.29 is 19.1 Å². The van der Waals surface area contributed by atoms with Gasteiger partial charge in [0, 0.05) is 16.3 Å². The Labute approximate surface area is 139 Å². The van der Waals surface area contributed by atoms with Crippen LogP contribution in [0.15, 0.2) is 36.4 Å². The number of methoxy groups -OCH3 is 1. The standard InChI is InChI=1S/C17H16ClNO4/c1-11-3-5-13(18)8-14(11)19-17(21)10-23-15-6-4-12(9-20)7-16(15)22-2/h3-9H,10H2,1-2H3,(H,19,21). The van der Waals surface area contributed by atoms with Crippen LogP contribution in [0.25, 0.3) is 0 Å². The normalized spacial score (nSPS) is 10.0. The molecule has 2 aromatic carbocycles. The Bertz CT molecular complexity index is 731. The Morgan fingerprint density at radius 3 is 2.70 bits per heavy atom. The summed E-state index contributed by atoms with van der Waals surface area (Å²) in [5.74, 6) is 0.453. The summed E-state index contributed by atoms with van der Waals surface area (Å²) in [5, 5.41) is 3.28. The Hall–Kier alpha value is -2.53. The lowest BCUT2D eigenvalue weighted by Crippen LogP contribution is -2.20. The van der Waals surface area contributed by atoms with E-state index in [4.69, 9.17) is 21.1 Å². The number of halogens is 1. The minimum Gasteiger partial charge on any atom is -0.493 e. The molecule has 2 rings (SSSR count). The molecule has 0 bridgehead atoms. The fraction of sp³-hybridized carbons (Fsp3) is 0.176. The molecule has 0 saturated heterocycles. The van der Waals surface area contributed by atoms with Crippen molar-refractivity contribution in [3.8, 4) is 11.5 Å². The Balaban J connectivity index is 2.02. The first-order chi connectivity index (χ1) is 11.0. The van der Waals surface area contributed by atoms with Gasteiger partial charge in [-0.15, -0.1) is 0 Å². The molecule has 0 radical (unpaired) electrons. The average Bonchev–Trinajstić information content (AvgIpc) is 2.56. The molecule has 5 nitrogen and oxygen atoms in total.